The van der Waals surface area contributed by atoms with E-state index in [0.29, 0.717) is 11.7 Å². The number of benzene rings is 2. The van der Waals surface area contributed by atoms with Crippen LogP contribution >= 0.6 is 0 Å². The van der Waals surface area contributed by atoms with Gasteiger partial charge in [-0.2, -0.15) is 4.98 Å². The van der Waals surface area contributed by atoms with Gasteiger partial charge in [-0.05, 0) is 29.7 Å². The molecule has 0 aliphatic rings. The van der Waals surface area contributed by atoms with Crippen LogP contribution in [0.5, 0.6) is 5.75 Å². The molecule has 1 aromatic heterocycles. The van der Waals surface area contributed by atoms with Crippen molar-refractivity contribution in [2.24, 2.45) is 0 Å². The van der Waals surface area contributed by atoms with E-state index in [1.54, 1.807) is 0 Å². The van der Waals surface area contributed by atoms with Crippen molar-refractivity contribution in [3.63, 3.8) is 0 Å². The molecule has 156 valence electrons. The molecule has 0 amide bonds. The van der Waals surface area contributed by atoms with Crippen LogP contribution < -0.4 is 4.74 Å². The van der Waals surface area contributed by atoms with Crippen molar-refractivity contribution in [1.29, 1.82) is 0 Å². The van der Waals surface area contributed by atoms with Crippen molar-refractivity contribution >= 4 is 11.9 Å². The first-order valence-electron chi connectivity index (χ1n) is 9.28. The Hall–Kier alpha value is -3.68. The van der Waals surface area contributed by atoms with E-state index in [-0.39, 0.29) is 29.4 Å². The Morgan fingerprint density at radius 1 is 0.967 bits per heavy atom. The van der Waals surface area contributed by atoms with Crippen LogP contribution in [0.15, 0.2) is 47.0 Å². The van der Waals surface area contributed by atoms with Gasteiger partial charge in [-0.3, -0.25) is 0 Å². The zero-order valence-corrected chi connectivity index (χ0v) is 17.2. The summed E-state index contributed by atoms with van der Waals surface area (Å²) in [7, 11) is 2.50. The quantitative estimate of drug-likeness (QED) is 0.539. The number of carbonyl (C=O) groups is 2. The minimum absolute atomic E-state index is 0.0394. The van der Waals surface area contributed by atoms with Crippen LogP contribution in [0, 0.1) is 0 Å². The molecule has 0 unspecified atom stereocenters. The second kappa shape index (κ2) is 9.21. The number of rotatable bonds is 7. The largest absolute Gasteiger partial charge is 0.484 e. The van der Waals surface area contributed by atoms with E-state index in [4.69, 9.17) is 18.7 Å². The van der Waals surface area contributed by atoms with Crippen LogP contribution in [-0.2, 0) is 16.1 Å². The average Bonchev–Trinajstić information content (AvgIpc) is 3.25. The van der Waals surface area contributed by atoms with Gasteiger partial charge >= 0.3 is 11.9 Å². The lowest BCUT2D eigenvalue weighted by molar-refractivity contribution is 0.0598. The summed E-state index contributed by atoms with van der Waals surface area (Å²) in [5.41, 5.74) is 2.37. The molecule has 0 saturated heterocycles. The highest BCUT2D eigenvalue weighted by Gasteiger charge is 2.16. The van der Waals surface area contributed by atoms with Gasteiger partial charge in [0.25, 0.3) is 5.89 Å². The van der Waals surface area contributed by atoms with Crippen LogP contribution in [-0.4, -0.2) is 36.3 Å². The maximum Gasteiger partial charge on any atom is 0.338 e. The number of hydrogen-bond acceptors (Lipinski definition) is 8. The molecule has 0 bridgehead atoms. The van der Waals surface area contributed by atoms with E-state index in [2.05, 4.69) is 24.0 Å². The van der Waals surface area contributed by atoms with Crippen LogP contribution in [0.1, 0.15) is 51.9 Å². The van der Waals surface area contributed by atoms with E-state index < -0.39 is 11.9 Å². The Labute approximate surface area is 173 Å². The van der Waals surface area contributed by atoms with Gasteiger partial charge in [-0.15, -0.1) is 0 Å². The van der Waals surface area contributed by atoms with Crippen LogP contribution in [0.25, 0.3) is 11.4 Å². The molecule has 8 heteroatoms. The molecule has 30 heavy (non-hydrogen) atoms. The lowest BCUT2D eigenvalue weighted by Crippen LogP contribution is -2.08. The maximum absolute atomic E-state index is 11.9. The molecular formula is C22H22N2O6. The number of aromatic nitrogens is 2. The van der Waals surface area contributed by atoms with E-state index in [9.17, 15) is 9.59 Å². The molecule has 0 atom stereocenters. The van der Waals surface area contributed by atoms with E-state index in [1.165, 1.54) is 38.0 Å². The molecule has 0 fully saturated rings. The van der Waals surface area contributed by atoms with E-state index >= 15 is 0 Å². The fourth-order valence-corrected chi connectivity index (χ4v) is 2.75. The van der Waals surface area contributed by atoms with Crippen molar-refractivity contribution in [1.82, 2.24) is 10.1 Å². The third kappa shape index (κ3) is 4.83. The van der Waals surface area contributed by atoms with Crippen molar-refractivity contribution in [3.8, 4) is 17.1 Å². The monoisotopic (exact) mass is 410 g/mol. The molecule has 0 saturated carbocycles. The number of esters is 2. The number of hydrogen-bond donors (Lipinski definition) is 0. The number of nitrogens with zero attached hydrogens (tertiary/aromatic N) is 2. The number of ether oxygens (including phenoxy) is 3. The minimum atomic E-state index is -0.601. The maximum atomic E-state index is 11.9. The average molecular weight is 410 g/mol. The summed E-state index contributed by atoms with van der Waals surface area (Å²) in [6, 6.07) is 12.2. The first kappa shape index (κ1) is 21.0. The minimum Gasteiger partial charge on any atom is -0.484 e. The Bertz CT molecular complexity index is 1010. The van der Waals surface area contributed by atoms with Gasteiger partial charge in [0.2, 0.25) is 5.82 Å². The Balaban J connectivity index is 1.75. The molecule has 0 spiro atoms. The van der Waals surface area contributed by atoms with Gasteiger partial charge in [-0.25, -0.2) is 9.59 Å². The predicted molar refractivity (Wildman–Crippen MR) is 107 cm³/mol. The van der Waals surface area contributed by atoms with E-state index in [0.717, 1.165) is 5.56 Å². The molecular weight excluding hydrogens is 388 g/mol. The van der Waals surface area contributed by atoms with Gasteiger partial charge in [0.15, 0.2) is 6.61 Å². The van der Waals surface area contributed by atoms with Crippen molar-refractivity contribution in [2.45, 2.75) is 26.4 Å². The second-order valence-electron chi connectivity index (χ2n) is 6.81. The number of carbonyl (C=O) groups excluding carboxylic acids is 2. The van der Waals surface area contributed by atoms with Gasteiger partial charge < -0.3 is 18.7 Å². The first-order chi connectivity index (χ1) is 14.4. The predicted octanol–water partition coefficient (Wildman–Crippen LogP) is 4.01. The summed E-state index contributed by atoms with van der Waals surface area (Å²) in [6.07, 6.45) is 0. The van der Waals surface area contributed by atoms with Gasteiger partial charge in [0.1, 0.15) is 5.75 Å². The summed E-state index contributed by atoms with van der Waals surface area (Å²) >= 11 is 0. The molecule has 8 nitrogen and oxygen atoms in total. The fourth-order valence-electron chi connectivity index (χ4n) is 2.75. The van der Waals surface area contributed by atoms with Crippen LogP contribution in [0.4, 0.5) is 0 Å². The Morgan fingerprint density at radius 2 is 1.57 bits per heavy atom. The van der Waals surface area contributed by atoms with Crippen molar-refractivity contribution in [2.75, 3.05) is 14.2 Å². The summed E-state index contributed by atoms with van der Waals surface area (Å²) in [5.74, 6) is 0.192. The third-order valence-electron chi connectivity index (χ3n) is 4.41. The van der Waals surface area contributed by atoms with E-state index in [1.807, 2.05) is 24.3 Å². The molecule has 0 aliphatic carbocycles. The molecule has 0 radical (unpaired) electrons. The number of methoxy groups -OCH3 is 2. The second-order valence-corrected chi connectivity index (χ2v) is 6.81. The standard InChI is InChI=1S/C22H22N2O6/c1-13(2)14-5-7-15(8-6-14)20-23-19(30-24-20)12-29-18-10-16(21(25)27-3)9-17(11-18)22(26)28-4/h5-11,13H,12H2,1-4H3. The topological polar surface area (TPSA) is 101 Å². The molecule has 2 aromatic carbocycles. The van der Waals surface area contributed by atoms with Crippen molar-refractivity contribution in [3.05, 3.63) is 65.0 Å². The fraction of sp³-hybridized carbons (Fsp3) is 0.273. The van der Waals surface area contributed by atoms with Crippen LogP contribution in [0.2, 0.25) is 0 Å². The summed E-state index contributed by atoms with van der Waals surface area (Å²) in [6.45, 7) is 4.21. The molecule has 1 heterocycles. The highest BCUT2D eigenvalue weighted by atomic mass is 16.5. The zero-order chi connectivity index (χ0) is 21.7. The Morgan fingerprint density at radius 3 is 2.10 bits per heavy atom. The van der Waals surface area contributed by atoms with Crippen molar-refractivity contribution < 1.29 is 28.3 Å². The zero-order valence-electron chi connectivity index (χ0n) is 17.2. The van der Waals surface area contributed by atoms with Gasteiger partial charge in [-0.1, -0.05) is 43.3 Å². The molecule has 3 aromatic rings. The molecule has 0 aliphatic heterocycles. The molecule has 0 N–H and O–H groups in total. The van der Waals surface area contributed by atoms with Gasteiger partial charge in [0, 0.05) is 5.56 Å². The molecule has 3 rings (SSSR count). The summed E-state index contributed by atoms with van der Waals surface area (Å²) in [5, 5.41) is 3.98. The summed E-state index contributed by atoms with van der Waals surface area (Å²) < 4.78 is 20.3. The first-order valence-corrected chi connectivity index (χ1v) is 9.28. The van der Waals surface area contributed by atoms with Gasteiger partial charge in [0.05, 0.1) is 25.3 Å². The smallest absolute Gasteiger partial charge is 0.338 e. The Kier molecular flexibility index (Phi) is 6.46. The lowest BCUT2D eigenvalue weighted by atomic mass is 10.0. The van der Waals surface area contributed by atoms with Crippen LogP contribution in [0.3, 0.4) is 0 Å². The summed E-state index contributed by atoms with van der Waals surface area (Å²) in [4.78, 5) is 28.0. The highest BCUT2D eigenvalue weighted by molar-refractivity contribution is 5.96. The lowest BCUT2D eigenvalue weighted by Gasteiger charge is -2.08. The SMILES string of the molecule is COC(=O)c1cc(OCc2nc(-c3ccc(C(C)C)cc3)no2)cc(C(=O)OC)c1. The highest BCUT2D eigenvalue weighted by Crippen LogP contribution is 2.22. The third-order valence-corrected chi connectivity index (χ3v) is 4.41. The normalized spacial score (nSPS) is 10.7.